The number of alkyl halides is 3. The van der Waals surface area contributed by atoms with Crippen molar-refractivity contribution in [1.82, 2.24) is 10.2 Å². The number of aromatic hydroxyl groups is 1. The van der Waals surface area contributed by atoms with Crippen molar-refractivity contribution in [1.29, 1.82) is 0 Å². The Labute approximate surface area is 226 Å². The highest BCUT2D eigenvalue weighted by Gasteiger charge is 2.68. The van der Waals surface area contributed by atoms with Gasteiger partial charge < -0.3 is 36.6 Å². The molecule has 14 heteroatoms. The average Bonchev–Trinajstić information content (AvgIpc) is 2.84. The van der Waals surface area contributed by atoms with E-state index in [0.29, 0.717) is 5.56 Å². The van der Waals surface area contributed by atoms with Crippen LogP contribution in [-0.2, 0) is 20.9 Å². The Hall–Kier alpha value is -3.46. The van der Waals surface area contributed by atoms with Gasteiger partial charge in [0.05, 0.1) is 30.0 Å². The van der Waals surface area contributed by atoms with E-state index in [1.807, 2.05) is 0 Å². The molecule has 1 aromatic carbocycles. The van der Waals surface area contributed by atoms with Crippen molar-refractivity contribution in [3.05, 3.63) is 45.7 Å². The number of benzene rings is 1. The highest BCUT2D eigenvalue weighted by molar-refractivity contribution is 6.24. The molecule has 0 saturated heterocycles. The Morgan fingerprint density at radius 2 is 1.80 bits per heavy atom. The number of ketones is 2. The van der Waals surface area contributed by atoms with E-state index in [9.17, 15) is 53.1 Å². The molecule has 218 valence electrons. The van der Waals surface area contributed by atoms with Crippen LogP contribution in [0.3, 0.4) is 0 Å². The Bertz CT molecular complexity index is 1360. The number of aliphatic hydroxyl groups is 4. The first-order valence-corrected chi connectivity index (χ1v) is 12.4. The van der Waals surface area contributed by atoms with Crippen LogP contribution in [0.25, 0.3) is 5.76 Å². The van der Waals surface area contributed by atoms with Gasteiger partial charge in [0.15, 0.2) is 11.4 Å². The molecule has 0 aliphatic heterocycles. The van der Waals surface area contributed by atoms with Gasteiger partial charge >= 0.3 is 6.18 Å². The second-order valence-corrected chi connectivity index (χ2v) is 10.6. The SMILES string of the molecule is C[C@H]1c2ccc(CNCCC(F)(F)F)c(O)c2C(O)=C2C(=O)[C@]3(O)C(O)=C(C(N)=O)C(=O)[C@@H](N(C)C)[C@@H]3[C@@H](O)[C@@H]21. The number of carbonyl (C=O) groups is 3. The minimum Gasteiger partial charge on any atom is -0.508 e. The number of rotatable bonds is 6. The predicted molar refractivity (Wildman–Crippen MR) is 133 cm³/mol. The molecule has 0 bridgehead atoms. The number of halogens is 3. The molecular weight excluding hydrogens is 539 g/mol. The summed E-state index contributed by atoms with van der Waals surface area (Å²) < 4.78 is 37.4. The zero-order valence-corrected chi connectivity index (χ0v) is 21.8. The van der Waals surface area contributed by atoms with Crippen LogP contribution < -0.4 is 11.1 Å². The number of Topliss-reactive ketones (excluding diaryl/α,β-unsaturated/α-hetero) is 2. The summed E-state index contributed by atoms with van der Waals surface area (Å²) in [5.74, 6) is -10.1. The summed E-state index contributed by atoms with van der Waals surface area (Å²) in [4.78, 5) is 40.4. The Balaban J connectivity index is 1.86. The molecule has 0 heterocycles. The van der Waals surface area contributed by atoms with E-state index in [1.165, 1.54) is 31.1 Å². The minimum absolute atomic E-state index is 0.105. The van der Waals surface area contributed by atoms with E-state index in [2.05, 4.69) is 5.32 Å². The first-order valence-electron chi connectivity index (χ1n) is 12.4. The van der Waals surface area contributed by atoms with E-state index in [4.69, 9.17) is 5.73 Å². The Morgan fingerprint density at radius 1 is 1.18 bits per heavy atom. The lowest BCUT2D eigenvalue weighted by atomic mass is 9.54. The van der Waals surface area contributed by atoms with Crippen LogP contribution in [0.2, 0.25) is 0 Å². The molecular formula is C26H30F3N3O8. The molecule has 1 saturated carbocycles. The zero-order valence-electron chi connectivity index (χ0n) is 21.8. The molecule has 6 atom stereocenters. The number of primary amides is 1. The topological polar surface area (TPSA) is 194 Å². The molecule has 3 aliphatic rings. The fraction of sp³-hybridized carbons (Fsp3) is 0.500. The van der Waals surface area contributed by atoms with E-state index in [1.54, 1.807) is 6.92 Å². The molecule has 3 aliphatic carbocycles. The number of nitrogens with one attached hydrogen (secondary N) is 1. The van der Waals surface area contributed by atoms with Gasteiger partial charge in [0.1, 0.15) is 22.8 Å². The number of nitrogens with zero attached hydrogens (tertiary/aromatic N) is 1. The first kappa shape index (κ1) is 29.5. The molecule has 0 radical (unpaired) electrons. The lowest BCUT2D eigenvalue weighted by molar-refractivity contribution is -0.169. The van der Waals surface area contributed by atoms with Crippen molar-refractivity contribution in [3.63, 3.8) is 0 Å². The average molecular weight is 570 g/mol. The molecule has 0 unspecified atom stereocenters. The van der Waals surface area contributed by atoms with Crippen LogP contribution in [0, 0.1) is 11.8 Å². The van der Waals surface area contributed by atoms with Crippen LogP contribution in [0.15, 0.2) is 29.0 Å². The minimum atomic E-state index is -4.39. The number of aliphatic hydroxyl groups excluding tert-OH is 3. The maximum Gasteiger partial charge on any atom is 0.390 e. The summed E-state index contributed by atoms with van der Waals surface area (Å²) >= 11 is 0. The second-order valence-electron chi connectivity index (χ2n) is 10.6. The maximum absolute atomic E-state index is 13.9. The van der Waals surface area contributed by atoms with Gasteiger partial charge in [-0.15, -0.1) is 0 Å². The van der Waals surface area contributed by atoms with Crippen molar-refractivity contribution in [2.75, 3.05) is 20.6 Å². The fourth-order valence-electron chi connectivity index (χ4n) is 6.26. The fourth-order valence-corrected chi connectivity index (χ4v) is 6.26. The van der Waals surface area contributed by atoms with Gasteiger partial charge in [0, 0.05) is 30.1 Å². The van der Waals surface area contributed by atoms with Crippen molar-refractivity contribution in [2.45, 2.75) is 49.7 Å². The number of amides is 1. The number of hydrogen-bond acceptors (Lipinski definition) is 10. The number of carbonyl (C=O) groups excluding carboxylic acids is 3. The summed E-state index contributed by atoms with van der Waals surface area (Å²) in [6.45, 7) is 0.928. The lowest BCUT2D eigenvalue weighted by Crippen LogP contribution is -2.70. The van der Waals surface area contributed by atoms with Gasteiger partial charge in [-0.3, -0.25) is 19.3 Å². The molecule has 0 spiro atoms. The van der Waals surface area contributed by atoms with Gasteiger partial charge in [-0.2, -0.15) is 13.2 Å². The Kier molecular flexibility index (Phi) is 7.28. The van der Waals surface area contributed by atoms with Crippen LogP contribution in [0.5, 0.6) is 5.75 Å². The highest BCUT2D eigenvalue weighted by Crippen LogP contribution is 2.56. The normalized spacial score (nSPS) is 30.4. The molecule has 1 aromatic rings. The van der Waals surface area contributed by atoms with E-state index >= 15 is 0 Å². The predicted octanol–water partition coefficient (Wildman–Crippen LogP) is 0.538. The van der Waals surface area contributed by atoms with E-state index < -0.39 is 101 Å². The standard InChI is InChI=1S/C26H30F3N3O8/c1-9-11-5-4-10(8-31-7-6-25(27,28)29)18(33)13(11)19(34)14-12(9)20(35)16-17(32(2)3)21(36)15(24(30)39)23(38)26(16,40)22(14)37/h4-5,9,12,16-17,20,31,33-35,38,40H,6-8H2,1-3H3,(H2,30,39)/t9-,12+,16+,17-,20-,26-/m0/s1. The number of likely N-dealkylation sites (N-methyl/N-ethyl adjacent to an activating group) is 1. The third-order valence-electron chi connectivity index (χ3n) is 8.11. The van der Waals surface area contributed by atoms with Crippen molar-refractivity contribution < 1.29 is 53.1 Å². The summed E-state index contributed by atoms with van der Waals surface area (Å²) in [7, 11) is 2.82. The molecule has 1 fully saturated rings. The molecule has 11 nitrogen and oxygen atoms in total. The highest BCUT2D eigenvalue weighted by atomic mass is 19.4. The van der Waals surface area contributed by atoms with Crippen molar-refractivity contribution in [2.24, 2.45) is 17.6 Å². The second kappa shape index (κ2) is 9.87. The van der Waals surface area contributed by atoms with Gasteiger partial charge in [-0.1, -0.05) is 19.1 Å². The van der Waals surface area contributed by atoms with Gasteiger partial charge in [0.25, 0.3) is 5.91 Å². The number of phenols is 1. The smallest absolute Gasteiger partial charge is 0.390 e. The van der Waals surface area contributed by atoms with Crippen molar-refractivity contribution >= 4 is 23.2 Å². The summed E-state index contributed by atoms with van der Waals surface area (Å²) in [5, 5.41) is 58.9. The number of nitrogens with two attached hydrogens (primary N) is 1. The van der Waals surface area contributed by atoms with Crippen LogP contribution in [-0.4, -0.2) is 92.5 Å². The van der Waals surface area contributed by atoms with E-state index in [-0.39, 0.29) is 17.7 Å². The molecule has 4 rings (SSSR count). The summed E-state index contributed by atoms with van der Waals surface area (Å²) in [5.41, 5.74) is 0.850. The van der Waals surface area contributed by atoms with E-state index in [0.717, 1.165) is 0 Å². The van der Waals surface area contributed by atoms with Gasteiger partial charge in [-0.05, 0) is 25.6 Å². The quantitative estimate of drug-likeness (QED) is 0.188. The number of fused-ring (bicyclic) bond motifs is 3. The monoisotopic (exact) mass is 569 g/mol. The van der Waals surface area contributed by atoms with Crippen molar-refractivity contribution in [3.8, 4) is 5.75 Å². The summed E-state index contributed by atoms with van der Waals surface area (Å²) in [6.07, 6.45) is -7.22. The molecule has 1 amide bonds. The van der Waals surface area contributed by atoms with Crippen LogP contribution in [0.1, 0.15) is 36.0 Å². The lowest BCUT2D eigenvalue weighted by Gasteiger charge is -2.53. The molecule has 40 heavy (non-hydrogen) atoms. The third-order valence-corrected chi connectivity index (χ3v) is 8.11. The molecule has 8 N–H and O–H groups in total. The van der Waals surface area contributed by atoms with Crippen LogP contribution >= 0.6 is 0 Å². The molecule has 0 aromatic heterocycles. The number of hydrogen-bond donors (Lipinski definition) is 7. The van der Waals surface area contributed by atoms with Gasteiger partial charge in [0.2, 0.25) is 5.78 Å². The van der Waals surface area contributed by atoms with Crippen LogP contribution in [0.4, 0.5) is 13.2 Å². The first-order chi connectivity index (χ1) is 18.5. The zero-order chi connectivity index (χ0) is 30.1. The Morgan fingerprint density at radius 3 is 2.35 bits per heavy atom. The third kappa shape index (κ3) is 4.26. The largest absolute Gasteiger partial charge is 0.508 e. The summed E-state index contributed by atoms with van der Waals surface area (Å²) in [6, 6.07) is 1.46. The van der Waals surface area contributed by atoms with Gasteiger partial charge in [-0.25, -0.2) is 0 Å². The number of phenolic OH excluding ortho intramolecular Hbond substituents is 1. The maximum atomic E-state index is 13.9.